The van der Waals surface area contributed by atoms with E-state index >= 15 is 0 Å². The molecule has 0 aromatic carbocycles. The lowest BCUT2D eigenvalue weighted by Gasteiger charge is -2.03. The highest BCUT2D eigenvalue weighted by Crippen LogP contribution is 2.01. The van der Waals surface area contributed by atoms with Crippen LogP contribution in [0, 0.1) is 6.92 Å². The molecule has 0 amide bonds. The third-order valence-corrected chi connectivity index (χ3v) is 2.84. The molecule has 1 aromatic heterocycles. The van der Waals surface area contributed by atoms with Crippen LogP contribution in [0.2, 0.25) is 0 Å². The predicted molar refractivity (Wildman–Crippen MR) is 59.6 cm³/mol. The van der Waals surface area contributed by atoms with Crippen LogP contribution in [-0.2, 0) is 20.9 Å². The number of ketones is 1. The Balaban J connectivity index is 2.59. The van der Waals surface area contributed by atoms with Crippen LogP contribution in [0.1, 0.15) is 19.0 Å². The van der Waals surface area contributed by atoms with Gasteiger partial charge in [-0.1, -0.05) is 11.3 Å². The van der Waals surface area contributed by atoms with Crippen molar-refractivity contribution >= 4 is 23.1 Å². The molecule has 1 rings (SSSR count). The van der Waals surface area contributed by atoms with Crippen LogP contribution in [0.5, 0.6) is 0 Å². The van der Waals surface area contributed by atoms with E-state index in [1.54, 1.807) is 19.2 Å². The molecular weight excluding hydrogens is 230 g/mol. The number of rotatable bonds is 5. The van der Waals surface area contributed by atoms with Gasteiger partial charge in [0.1, 0.15) is 6.42 Å². The zero-order valence-electron chi connectivity index (χ0n) is 9.19. The Morgan fingerprint density at radius 3 is 2.69 bits per heavy atom. The minimum atomic E-state index is -0.548. The summed E-state index contributed by atoms with van der Waals surface area (Å²) in [6.07, 6.45) is -0.282. The molecule has 0 N–H and O–H groups in total. The number of thiazole rings is 1. The number of carbonyl (C=O) groups excluding carboxylic acids is 2. The summed E-state index contributed by atoms with van der Waals surface area (Å²) in [4.78, 5) is 33.6. The van der Waals surface area contributed by atoms with E-state index in [2.05, 4.69) is 4.74 Å². The molecule has 1 heterocycles. The number of carbonyl (C=O) groups is 2. The quantitative estimate of drug-likeness (QED) is 0.565. The van der Waals surface area contributed by atoms with Gasteiger partial charge in [0.15, 0.2) is 5.78 Å². The number of aromatic nitrogens is 1. The van der Waals surface area contributed by atoms with Gasteiger partial charge in [-0.2, -0.15) is 0 Å². The molecule has 5 nitrogen and oxygen atoms in total. The molecule has 0 aliphatic carbocycles. The molecule has 16 heavy (non-hydrogen) atoms. The topological polar surface area (TPSA) is 65.4 Å². The summed E-state index contributed by atoms with van der Waals surface area (Å²) < 4.78 is 6.00. The molecule has 0 radical (unpaired) electrons. The monoisotopic (exact) mass is 243 g/mol. The highest BCUT2D eigenvalue weighted by molar-refractivity contribution is 7.07. The molecule has 0 aliphatic rings. The fourth-order valence-corrected chi connectivity index (χ4v) is 1.94. The van der Waals surface area contributed by atoms with Gasteiger partial charge in [-0.05, 0) is 13.8 Å². The van der Waals surface area contributed by atoms with E-state index < -0.39 is 5.97 Å². The molecule has 0 unspecified atom stereocenters. The second kappa shape index (κ2) is 5.60. The first kappa shape index (κ1) is 12.6. The zero-order valence-corrected chi connectivity index (χ0v) is 10.0. The third-order valence-electron chi connectivity index (χ3n) is 1.96. The average Bonchev–Trinajstić information content (AvgIpc) is 2.49. The highest BCUT2D eigenvalue weighted by atomic mass is 32.1. The van der Waals surface area contributed by atoms with E-state index in [4.69, 9.17) is 0 Å². The molecule has 0 saturated carbocycles. The first-order chi connectivity index (χ1) is 7.54. The van der Waals surface area contributed by atoms with E-state index in [1.165, 1.54) is 4.57 Å². The van der Waals surface area contributed by atoms with Gasteiger partial charge in [0.05, 0.1) is 13.2 Å². The number of nitrogens with zero attached hydrogens (tertiary/aromatic N) is 1. The maximum Gasteiger partial charge on any atom is 0.313 e. The van der Waals surface area contributed by atoms with Crippen molar-refractivity contribution < 1.29 is 14.3 Å². The fourth-order valence-electron chi connectivity index (χ4n) is 1.20. The average molecular weight is 243 g/mol. The Hall–Kier alpha value is -1.43. The van der Waals surface area contributed by atoms with Crippen LogP contribution in [-0.4, -0.2) is 22.9 Å². The molecule has 0 aliphatic heterocycles. The van der Waals surface area contributed by atoms with Crippen LogP contribution in [0.3, 0.4) is 0 Å². The lowest BCUT2D eigenvalue weighted by atomic mass is 10.3. The molecule has 0 atom stereocenters. The van der Waals surface area contributed by atoms with Crippen LogP contribution in [0.25, 0.3) is 0 Å². The number of aryl methyl sites for hydroxylation is 1. The minimum Gasteiger partial charge on any atom is -0.466 e. The van der Waals surface area contributed by atoms with Gasteiger partial charge in [0, 0.05) is 11.1 Å². The summed E-state index contributed by atoms with van der Waals surface area (Å²) in [5.74, 6) is -0.865. The first-order valence-corrected chi connectivity index (χ1v) is 5.74. The third kappa shape index (κ3) is 3.30. The van der Waals surface area contributed by atoms with Crippen molar-refractivity contribution in [2.45, 2.75) is 26.8 Å². The van der Waals surface area contributed by atoms with Crippen LogP contribution < -0.4 is 4.87 Å². The Kier molecular flexibility index (Phi) is 4.42. The van der Waals surface area contributed by atoms with Crippen LogP contribution in [0.15, 0.2) is 10.2 Å². The molecule has 6 heteroatoms. The second-order valence-corrected chi connectivity index (χ2v) is 4.07. The summed E-state index contributed by atoms with van der Waals surface area (Å²) in [5, 5.41) is 1.68. The van der Waals surface area contributed by atoms with E-state index in [0.29, 0.717) is 0 Å². The van der Waals surface area contributed by atoms with Gasteiger partial charge in [-0.3, -0.25) is 19.0 Å². The van der Waals surface area contributed by atoms with Crippen molar-refractivity contribution in [3.8, 4) is 0 Å². The Bertz CT molecular complexity index is 446. The second-order valence-electron chi connectivity index (χ2n) is 3.25. The van der Waals surface area contributed by atoms with Crippen molar-refractivity contribution in [1.29, 1.82) is 0 Å². The van der Waals surface area contributed by atoms with E-state index in [-0.39, 0.29) is 30.2 Å². The summed E-state index contributed by atoms with van der Waals surface area (Å²) in [5.41, 5.74) is 0.729. The van der Waals surface area contributed by atoms with Crippen molar-refractivity contribution in [2.75, 3.05) is 6.61 Å². The number of esters is 1. The van der Waals surface area contributed by atoms with E-state index in [0.717, 1.165) is 17.0 Å². The smallest absolute Gasteiger partial charge is 0.313 e. The molecule has 0 saturated heterocycles. The van der Waals surface area contributed by atoms with Gasteiger partial charge >= 0.3 is 10.8 Å². The maximum absolute atomic E-state index is 11.4. The fraction of sp³-hybridized carbons (Fsp3) is 0.500. The van der Waals surface area contributed by atoms with Gasteiger partial charge in [-0.15, -0.1) is 0 Å². The maximum atomic E-state index is 11.4. The van der Waals surface area contributed by atoms with Gasteiger partial charge < -0.3 is 4.74 Å². The minimum absolute atomic E-state index is 0.0625. The van der Waals surface area contributed by atoms with E-state index in [1.807, 2.05) is 0 Å². The van der Waals surface area contributed by atoms with Crippen molar-refractivity contribution in [1.82, 2.24) is 4.57 Å². The lowest BCUT2D eigenvalue weighted by Crippen LogP contribution is -2.22. The zero-order chi connectivity index (χ0) is 12.1. The normalized spacial score (nSPS) is 10.1. The standard InChI is InChI=1S/C10H13NO4S/c1-3-15-9(13)4-8(12)5-11-7(2)6-16-10(11)14/h6H,3-5H2,1-2H3. The van der Waals surface area contributed by atoms with Gasteiger partial charge in [0.2, 0.25) is 0 Å². The van der Waals surface area contributed by atoms with Gasteiger partial charge in [0.25, 0.3) is 0 Å². The van der Waals surface area contributed by atoms with E-state index in [9.17, 15) is 14.4 Å². The summed E-state index contributed by atoms with van der Waals surface area (Å²) in [6.45, 7) is 3.61. The van der Waals surface area contributed by atoms with Crippen molar-refractivity contribution in [2.24, 2.45) is 0 Å². The molecule has 0 spiro atoms. The van der Waals surface area contributed by atoms with Crippen LogP contribution >= 0.6 is 11.3 Å². The summed E-state index contributed by atoms with van der Waals surface area (Å²) in [6, 6.07) is 0. The Morgan fingerprint density at radius 2 is 2.19 bits per heavy atom. The molecular formula is C10H13NO4S. The van der Waals surface area contributed by atoms with Crippen molar-refractivity contribution in [3.05, 3.63) is 20.7 Å². The molecule has 1 aromatic rings. The molecule has 0 bridgehead atoms. The first-order valence-electron chi connectivity index (χ1n) is 4.86. The highest BCUT2D eigenvalue weighted by Gasteiger charge is 2.13. The van der Waals surface area contributed by atoms with Gasteiger partial charge in [-0.25, -0.2) is 0 Å². The Morgan fingerprint density at radius 1 is 1.50 bits per heavy atom. The molecule has 0 fully saturated rings. The summed E-state index contributed by atoms with van der Waals surface area (Å²) >= 11 is 1.04. The lowest BCUT2D eigenvalue weighted by molar-refractivity contribution is -0.145. The van der Waals surface area contributed by atoms with Crippen LogP contribution in [0.4, 0.5) is 0 Å². The van der Waals surface area contributed by atoms with Crippen molar-refractivity contribution in [3.63, 3.8) is 0 Å². The predicted octanol–water partition coefficient (Wildman–Crippen LogP) is 0.741. The molecule has 88 valence electrons. The number of ether oxygens (including phenoxy) is 1. The summed E-state index contributed by atoms with van der Waals surface area (Å²) in [7, 11) is 0. The number of hydrogen-bond acceptors (Lipinski definition) is 5. The largest absolute Gasteiger partial charge is 0.466 e. The number of hydrogen-bond donors (Lipinski definition) is 0. The number of Topliss-reactive ketones (excluding diaryl/α,β-unsaturated/α-hetero) is 1. The Labute approximate surface area is 96.7 Å². The SMILES string of the molecule is CCOC(=O)CC(=O)Cn1c(C)csc1=O.